The lowest BCUT2D eigenvalue weighted by molar-refractivity contribution is -0.121. The van der Waals surface area contributed by atoms with Crippen molar-refractivity contribution in [2.45, 2.75) is 31.7 Å². The van der Waals surface area contributed by atoms with Crippen LogP contribution in [0.3, 0.4) is 0 Å². The molecule has 0 bridgehead atoms. The number of benzene rings is 1. The molecule has 6 nitrogen and oxygen atoms in total. The first-order valence-electron chi connectivity index (χ1n) is 9.56. The fraction of sp³-hybridized carbons (Fsp3) is 0.286. The number of rotatable bonds is 5. The van der Waals surface area contributed by atoms with E-state index in [0.29, 0.717) is 34.6 Å². The maximum Gasteiger partial charge on any atom is 0.290 e. The fourth-order valence-electron chi connectivity index (χ4n) is 3.50. The first-order valence-corrected chi connectivity index (χ1v) is 11.1. The lowest BCUT2D eigenvalue weighted by Gasteiger charge is -2.33. The van der Waals surface area contributed by atoms with Crippen LogP contribution in [-0.4, -0.2) is 34.3 Å². The smallest absolute Gasteiger partial charge is 0.290 e. The Bertz CT molecular complexity index is 1050. The molecular formula is C21H19Cl2N3O3S. The largest absolute Gasteiger partial charge is 0.459 e. The molecule has 2 amide bonds. The summed E-state index contributed by atoms with van der Waals surface area (Å²) in [6.45, 7) is 0.522. The molecule has 1 N–H and O–H groups in total. The second kappa shape index (κ2) is 9.20. The van der Waals surface area contributed by atoms with E-state index in [1.54, 1.807) is 29.3 Å². The van der Waals surface area contributed by atoms with Gasteiger partial charge in [0.2, 0.25) is 5.91 Å². The molecule has 156 valence electrons. The molecule has 1 fully saturated rings. The molecule has 0 aliphatic carbocycles. The van der Waals surface area contributed by atoms with E-state index in [4.69, 9.17) is 27.6 Å². The summed E-state index contributed by atoms with van der Waals surface area (Å²) in [5.74, 6) is -0.267. The van der Waals surface area contributed by atoms with E-state index < -0.39 is 6.04 Å². The van der Waals surface area contributed by atoms with Crippen molar-refractivity contribution in [1.82, 2.24) is 9.88 Å². The third kappa shape index (κ3) is 4.53. The van der Waals surface area contributed by atoms with Gasteiger partial charge >= 0.3 is 0 Å². The Labute approximate surface area is 187 Å². The lowest BCUT2D eigenvalue weighted by atomic mass is 10.0. The Morgan fingerprint density at radius 3 is 2.90 bits per heavy atom. The molecule has 1 saturated heterocycles. The highest BCUT2D eigenvalue weighted by Gasteiger charge is 2.34. The zero-order valence-electron chi connectivity index (χ0n) is 15.9. The molecule has 9 heteroatoms. The van der Waals surface area contributed by atoms with Gasteiger partial charge in [-0.05, 0) is 43.0 Å². The van der Waals surface area contributed by atoms with Crippen LogP contribution in [0.15, 0.2) is 47.2 Å². The number of piperidine rings is 1. The second-order valence-electron chi connectivity index (χ2n) is 7.00. The van der Waals surface area contributed by atoms with E-state index in [1.165, 1.54) is 17.6 Å². The van der Waals surface area contributed by atoms with Gasteiger partial charge < -0.3 is 14.6 Å². The van der Waals surface area contributed by atoms with Crippen molar-refractivity contribution in [3.8, 4) is 0 Å². The van der Waals surface area contributed by atoms with Crippen molar-refractivity contribution >= 4 is 51.5 Å². The number of halogens is 2. The summed E-state index contributed by atoms with van der Waals surface area (Å²) >= 11 is 13.7. The predicted octanol–water partition coefficient (Wildman–Crippen LogP) is 5.27. The highest BCUT2D eigenvalue weighted by atomic mass is 35.5. The predicted molar refractivity (Wildman–Crippen MR) is 117 cm³/mol. The van der Waals surface area contributed by atoms with E-state index in [-0.39, 0.29) is 17.6 Å². The zero-order chi connectivity index (χ0) is 21.1. The maximum atomic E-state index is 12.9. The van der Waals surface area contributed by atoms with E-state index in [9.17, 15) is 9.59 Å². The van der Waals surface area contributed by atoms with Gasteiger partial charge in [0.25, 0.3) is 5.91 Å². The molecule has 1 unspecified atom stereocenters. The summed E-state index contributed by atoms with van der Waals surface area (Å²) in [5, 5.41) is 4.37. The Morgan fingerprint density at radius 2 is 2.10 bits per heavy atom. The van der Waals surface area contributed by atoms with E-state index in [0.717, 1.165) is 23.3 Å². The quantitative estimate of drug-likeness (QED) is 0.559. The molecular weight excluding hydrogens is 445 g/mol. The topological polar surface area (TPSA) is 75.4 Å². The van der Waals surface area contributed by atoms with Gasteiger partial charge in [-0.2, -0.15) is 0 Å². The molecule has 0 spiro atoms. The van der Waals surface area contributed by atoms with Crippen LogP contribution in [0.2, 0.25) is 10.0 Å². The van der Waals surface area contributed by atoms with Crippen LogP contribution in [0.4, 0.5) is 5.13 Å². The van der Waals surface area contributed by atoms with Crippen molar-refractivity contribution in [3.63, 3.8) is 0 Å². The molecule has 2 aromatic heterocycles. The number of anilines is 1. The summed E-state index contributed by atoms with van der Waals surface area (Å²) in [5.41, 5.74) is 0.896. The molecule has 4 rings (SSSR count). The molecule has 3 heterocycles. The molecule has 3 aromatic rings. The fourth-order valence-corrected chi connectivity index (χ4v) is 4.72. The van der Waals surface area contributed by atoms with Gasteiger partial charge in [0.1, 0.15) is 6.04 Å². The van der Waals surface area contributed by atoms with Crippen molar-refractivity contribution in [1.29, 1.82) is 0 Å². The second-order valence-corrected chi connectivity index (χ2v) is 8.90. The van der Waals surface area contributed by atoms with Crippen LogP contribution in [0.25, 0.3) is 0 Å². The number of amides is 2. The van der Waals surface area contributed by atoms with Crippen LogP contribution in [-0.2, 0) is 11.2 Å². The maximum absolute atomic E-state index is 12.9. The van der Waals surface area contributed by atoms with Gasteiger partial charge in [-0.15, -0.1) is 11.3 Å². The first kappa shape index (κ1) is 20.9. The summed E-state index contributed by atoms with van der Waals surface area (Å²) < 4.78 is 5.22. The van der Waals surface area contributed by atoms with E-state index in [1.807, 2.05) is 12.1 Å². The third-order valence-electron chi connectivity index (χ3n) is 4.98. The zero-order valence-corrected chi connectivity index (χ0v) is 18.3. The highest BCUT2D eigenvalue weighted by Crippen LogP contribution is 2.30. The molecule has 1 aliphatic rings. The van der Waals surface area contributed by atoms with Crippen molar-refractivity contribution in [2.75, 3.05) is 11.9 Å². The number of nitrogens with zero attached hydrogens (tertiary/aromatic N) is 2. The number of furan rings is 1. The van der Waals surface area contributed by atoms with Crippen LogP contribution < -0.4 is 5.32 Å². The average molecular weight is 464 g/mol. The number of hydrogen-bond donors (Lipinski definition) is 1. The van der Waals surface area contributed by atoms with Crippen LogP contribution >= 0.6 is 34.5 Å². The van der Waals surface area contributed by atoms with Gasteiger partial charge in [0, 0.05) is 24.0 Å². The SMILES string of the molecule is O=C(Nc1ncc(Cc2cccc(Cl)c2Cl)s1)C1CCCCN1C(=O)c1ccco1. The normalized spacial score (nSPS) is 16.5. The molecule has 0 saturated carbocycles. The van der Waals surface area contributed by atoms with Crippen molar-refractivity contribution in [2.24, 2.45) is 0 Å². The van der Waals surface area contributed by atoms with Crippen LogP contribution in [0, 0.1) is 0 Å². The van der Waals surface area contributed by atoms with Gasteiger partial charge in [-0.1, -0.05) is 35.3 Å². The molecule has 0 radical (unpaired) electrons. The Kier molecular flexibility index (Phi) is 6.41. The summed E-state index contributed by atoms with van der Waals surface area (Å²) in [7, 11) is 0. The van der Waals surface area contributed by atoms with Crippen LogP contribution in [0.5, 0.6) is 0 Å². The number of hydrogen-bond acceptors (Lipinski definition) is 5. The minimum absolute atomic E-state index is 0.240. The van der Waals surface area contributed by atoms with Gasteiger partial charge in [0.15, 0.2) is 10.9 Å². The summed E-state index contributed by atoms with van der Waals surface area (Å²) in [4.78, 5) is 32.5. The Balaban J connectivity index is 1.44. The average Bonchev–Trinajstić information content (AvgIpc) is 3.43. The number of carbonyl (C=O) groups is 2. The summed E-state index contributed by atoms with van der Waals surface area (Å²) in [6, 6.07) is 8.22. The van der Waals surface area contributed by atoms with Crippen molar-refractivity contribution < 1.29 is 14.0 Å². The van der Waals surface area contributed by atoms with E-state index >= 15 is 0 Å². The first-order chi connectivity index (χ1) is 14.5. The Hall–Kier alpha value is -2.35. The molecule has 1 aliphatic heterocycles. The van der Waals surface area contributed by atoms with Gasteiger partial charge in [-0.25, -0.2) is 4.98 Å². The van der Waals surface area contributed by atoms with Crippen LogP contribution in [0.1, 0.15) is 40.3 Å². The molecule has 1 atom stereocenters. The lowest BCUT2D eigenvalue weighted by Crippen LogP contribution is -2.49. The number of likely N-dealkylation sites (tertiary alicyclic amines) is 1. The summed E-state index contributed by atoms with van der Waals surface area (Å²) in [6.07, 6.45) is 6.09. The minimum Gasteiger partial charge on any atom is -0.459 e. The van der Waals surface area contributed by atoms with E-state index in [2.05, 4.69) is 10.3 Å². The van der Waals surface area contributed by atoms with Crippen molar-refractivity contribution in [3.05, 3.63) is 69.0 Å². The molecule has 30 heavy (non-hydrogen) atoms. The number of carbonyl (C=O) groups excluding carboxylic acids is 2. The molecule has 1 aromatic carbocycles. The highest BCUT2D eigenvalue weighted by molar-refractivity contribution is 7.15. The number of thiazole rings is 1. The van der Waals surface area contributed by atoms with Gasteiger partial charge in [0.05, 0.1) is 16.3 Å². The number of nitrogens with one attached hydrogen (secondary N) is 1. The number of aromatic nitrogens is 1. The third-order valence-corrected chi connectivity index (χ3v) is 6.75. The van der Waals surface area contributed by atoms with Gasteiger partial charge in [-0.3, -0.25) is 9.59 Å². The monoisotopic (exact) mass is 463 g/mol. The Morgan fingerprint density at radius 1 is 1.23 bits per heavy atom. The minimum atomic E-state index is -0.550. The standard InChI is InChI=1S/C21H19Cl2N3O3S/c22-15-6-3-5-13(18(15)23)11-14-12-24-21(30-14)25-19(27)16-7-1-2-9-26(16)20(28)17-8-4-10-29-17/h3-6,8,10,12,16H,1-2,7,9,11H2,(H,24,25,27).